The summed E-state index contributed by atoms with van der Waals surface area (Å²) in [6.45, 7) is 10.3. The highest BCUT2D eigenvalue weighted by Gasteiger charge is 2.34. The van der Waals surface area contributed by atoms with Gasteiger partial charge in [-0.25, -0.2) is 0 Å². The van der Waals surface area contributed by atoms with Crippen LogP contribution in [0.1, 0.15) is 47.0 Å². The summed E-state index contributed by atoms with van der Waals surface area (Å²) in [6, 6.07) is 0.590. The lowest BCUT2D eigenvalue weighted by Crippen LogP contribution is -2.48. The summed E-state index contributed by atoms with van der Waals surface area (Å²) >= 11 is 0. The van der Waals surface area contributed by atoms with E-state index in [2.05, 4.69) is 37.9 Å². The van der Waals surface area contributed by atoms with Gasteiger partial charge in [-0.3, -0.25) is 4.79 Å². The first-order chi connectivity index (χ1) is 7.86. The molecule has 3 nitrogen and oxygen atoms in total. The molecule has 0 aliphatic carbocycles. The van der Waals surface area contributed by atoms with Crippen LogP contribution in [-0.4, -0.2) is 37.0 Å². The molecule has 1 saturated heterocycles. The zero-order valence-electron chi connectivity index (χ0n) is 12.5. The molecular formula is C14H29ClN2O. The number of carbonyl (C=O) groups is 1. The number of hydrogen-bond donors (Lipinski definition) is 1. The summed E-state index contributed by atoms with van der Waals surface area (Å²) in [5.74, 6) is 0.907. The van der Waals surface area contributed by atoms with Crippen LogP contribution in [0, 0.1) is 11.3 Å². The molecule has 0 aromatic rings. The Morgan fingerprint density at radius 1 is 1.33 bits per heavy atom. The van der Waals surface area contributed by atoms with Crippen molar-refractivity contribution in [2.45, 2.75) is 53.0 Å². The van der Waals surface area contributed by atoms with Gasteiger partial charge in [-0.15, -0.1) is 12.4 Å². The minimum atomic E-state index is -0.208. The Labute approximate surface area is 118 Å². The van der Waals surface area contributed by atoms with Crippen LogP contribution in [0.25, 0.3) is 0 Å². The van der Waals surface area contributed by atoms with E-state index in [1.54, 1.807) is 0 Å². The Morgan fingerprint density at radius 2 is 1.83 bits per heavy atom. The van der Waals surface area contributed by atoms with Gasteiger partial charge in [0.15, 0.2) is 0 Å². The first-order valence-electron chi connectivity index (χ1n) is 6.83. The fraction of sp³-hybridized carbons (Fsp3) is 0.929. The maximum Gasteiger partial charge on any atom is 0.228 e. The largest absolute Gasteiger partial charge is 0.342 e. The van der Waals surface area contributed by atoms with E-state index < -0.39 is 0 Å². The fourth-order valence-corrected chi connectivity index (χ4v) is 2.91. The number of amides is 1. The highest BCUT2D eigenvalue weighted by molar-refractivity contribution is 5.85. The Hall–Kier alpha value is -0.280. The lowest BCUT2D eigenvalue weighted by Gasteiger charge is -2.37. The summed E-state index contributed by atoms with van der Waals surface area (Å²) in [4.78, 5) is 14.5. The summed E-state index contributed by atoms with van der Waals surface area (Å²) in [5, 5.41) is 3.30. The van der Waals surface area contributed by atoms with Gasteiger partial charge >= 0.3 is 0 Å². The van der Waals surface area contributed by atoms with Crippen molar-refractivity contribution in [1.29, 1.82) is 0 Å². The molecule has 0 atom stereocenters. The van der Waals surface area contributed by atoms with Crippen molar-refractivity contribution >= 4 is 18.3 Å². The molecule has 0 saturated carbocycles. The number of piperidine rings is 1. The number of carbonyl (C=O) groups excluding carboxylic acids is 1. The normalized spacial score (nSPS) is 17.8. The van der Waals surface area contributed by atoms with Crippen LogP contribution in [0.2, 0.25) is 0 Å². The first-order valence-corrected chi connectivity index (χ1v) is 6.83. The minimum absolute atomic E-state index is 0. The molecule has 1 rings (SSSR count). The number of likely N-dealkylation sites (tertiary alicyclic amines) is 1. The average Bonchev–Trinajstić information content (AvgIpc) is 2.26. The molecule has 0 aromatic carbocycles. The van der Waals surface area contributed by atoms with Gasteiger partial charge < -0.3 is 10.2 Å². The summed E-state index contributed by atoms with van der Waals surface area (Å²) in [5.41, 5.74) is -0.208. The van der Waals surface area contributed by atoms with Crippen LogP contribution in [-0.2, 0) is 4.79 Å². The number of nitrogens with zero attached hydrogens (tertiary/aromatic N) is 1. The molecule has 1 fully saturated rings. The second-order valence-corrected chi connectivity index (χ2v) is 6.34. The molecule has 0 unspecified atom stereocenters. The van der Waals surface area contributed by atoms with Crippen molar-refractivity contribution in [2.24, 2.45) is 11.3 Å². The minimum Gasteiger partial charge on any atom is -0.342 e. The Kier molecular flexibility index (Phi) is 7.23. The summed E-state index contributed by atoms with van der Waals surface area (Å²) in [6.07, 6.45) is 3.14. The molecule has 0 spiro atoms. The van der Waals surface area contributed by atoms with Crippen molar-refractivity contribution in [2.75, 3.05) is 20.1 Å². The molecule has 0 radical (unpaired) electrons. The maximum absolute atomic E-state index is 12.5. The highest BCUT2D eigenvalue weighted by Crippen LogP contribution is 2.29. The molecule has 1 N–H and O–H groups in total. The van der Waals surface area contributed by atoms with Crippen LogP contribution >= 0.6 is 12.4 Å². The molecule has 18 heavy (non-hydrogen) atoms. The van der Waals surface area contributed by atoms with E-state index in [4.69, 9.17) is 0 Å². The monoisotopic (exact) mass is 276 g/mol. The van der Waals surface area contributed by atoms with E-state index >= 15 is 0 Å². The van der Waals surface area contributed by atoms with Gasteiger partial charge in [-0.05, 0) is 32.2 Å². The van der Waals surface area contributed by atoms with E-state index in [1.165, 1.54) is 0 Å². The van der Waals surface area contributed by atoms with Gasteiger partial charge in [0.1, 0.15) is 0 Å². The number of rotatable bonds is 4. The van der Waals surface area contributed by atoms with E-state index in [9.17, 15) is 4.79 Å². The van der Waals surface area contributed by atoms with E-state index in [1.807, 2.05) is 7.05 Å². The van der Waals surface area contributed by atoms with E-state index in [0.29, 0.717) is 17.9 Å². The van der Waals surface area contributed by atoms with Crippen molar-refractivity contribution in [3.8, 4) is 0 Å². The molecule has 4 heteroatoms. The van der Waals surface area contributed by atoms with E-state index in [-0.39, 0.29) is 17.8 Å². The second kappa shape index (κ2) is 7.34. The summed E-state index contributed by atoms with van der Waals surface area (Å²) < 4.78 is 0. The van der Waals surface area contributed by atoms with Crippen molar-refractivity contribution in [1.82, 2.24) is 10.2 Å². The van der Waals surface area contributed by atoms with Crippen molar-refractivity contribution < 1.29 is 4.79 Å². The molecule has 1 amide bonds. The number of hydrogen-bond acceptors (Lipinski definition) is 2. The highest BCUT2D eigenvalue weighted by atomic mass is 35.5. The van der Waals surface area contributed by atoms with Gasteiger partial charge in [0.05, 0.1) is 0 Å². The number of halogens is 1. The zero-order chi connectivity index (χ0) is 13.1. The topological polar surface area (TPSA) is 32.3 Å². The second-order valence-electron chi connectivity index (χ2n) is 6.34. The van der Waals surface area contributed by atoms with Crippen LogP contribution < -0.4 is 5.32 Å². The molecule has 0 aromatic heterocycles. The van der Waals surface area contributed by atoms with Gasteiger partial charge in [-0.1, -0.05) is 27.7 Å². The molecule has 108 valence electrons. The van der Waals surface area contributed by atoms with Gasteiger partial charge in [0.2, 0.25) is 5.91 Å². The SMILES string of the molecule is CNC1CCN(C(=O)C(C)(C)CC(C)C)CC1.Cl. The van der Waals surface area contributed by atoms with Crippen LogP contribution in [0.4, 0.5) is 0 Å². The Balaban J connectivity index is 0.00000289. The Morgan fingerprint density at radius 3 is 2.22 bits per heavy atom. The molecule has 1 aliphatic heterocycles. The predicted molar refractivity (Wildman–Crippen MR) is 79.1 cm³/mol. The Bertz CT molecular complexity index is 259. The average molecular weight is 277 g/mol. The van der Waals surface area contributed by atoms with Gasteiger partial charge in [0.25, 0.3) is 0 Å². The molecule has 0 bridgehead atoms. The van der Waals surface area contributed by atoms with Crippen molar-refractivity contribution in [3.05, 3.63) is 0 Å². The van der Waals surface area contributed by atoms with Gasteiger partial charge in [-0.2, -0.15) is 0 Å². The summed E-state index contributed by atoms with van der Waals surface area (Å²) in [7, 11) is 2.00. The molecular weight excluding hydrogens is 248 g/mol. The lowest BCUT2D eigenvalue weighted by atomic mass is 9.82. The standard InChI is InChI=1S/C14H28N2O.ClH/c1-11(2)10-14(3,4)13(17)16-8-6-12(15-5)7-9-16;/h11-12,15H,6-10H2,1-5H3;1H. The predicted octanol–water partition coefficient (Wildman–Crippen LogP) is 2.69. The van der Waals surface area contributed by atoms with Gasteiger partial charge in [0, 0.05) is 24.5 Å². The number of nitrogens with one attached hydrogen (secondary N) is 1. The zero-order valence-corrected chi connectivity index (χ0v) is 13.3. The third kappa shape index (κ3) is 4.77. The molecule has 1 heterocycles. The third-order valence-corrected chi connectivity index (χ3v) is 3.69. The molecule has 1 aliphatic rings. The lowest BCUT2D eigenvalue weighted by molar-refractivity contribution is -0.142. The smallest absolute Gasteiger partial charge is 0.228 e. The third-order valence-electron chi connectivity index (χ3n) is 3.69. The van der Waals surface area contributed by atoms with Crippen molar-refractivity contribution in [3.63, 3.8) is 0 Å². The maximum atomic E-state index is 12.5. The fourth-order valence-electron chi connectivity index (χ4n) is 2.91. The van der Waals surface area contributed by atoms with E-state index in [0.717, 1.165) is 32.4 Å². The van der Waals surface area contributed by atoms with Crippen LogP contribution in [0.3, 0.4) is 0 Å². The van der Waals surface area contributed by atoms with Crippen LogP contribution in [0.15, 0.2) is 0 Å². The van der Waals surface area contributed by atoms with Crippen LogP contribution in [0.5, 0.6) is 0 Å². The quantitative estimate of drug-likeness (QED) is 0.856. The first kappa shape index (κ1) is 17.7.